The number of nitrogens with one attached hydrogen (secondary N) is 1. The third-order valence-corrected chi connectivity index (χ3v) is 15.7. The van der Waals surface area contributed by atoms with Crippen molar-refractivity contribution in [3.05, 3.63) is 11.6 Å². The molecule has 0 bridgehead atoms. The normalized spacial score (nSPS) is 35.2. The third kappa shape index (κ3) is 13.9. The number of hydrogen-bond donors (Lipinski definition) is 4. The molecule has 352 valence electrons. The second kappa shape index (κ2) is 24.6. The molecule has 4 N–H and O–H groups in total. The van der Waals surface area contributed by atoms with E-state index >= 15 is 0 Å². The van der Waals surface area contributed by atoms with Crippen molar-refractivity contribution in [2.45, 2.75) is 188 Å². The predicted molar refractivity (Wildman–Crippen MR) is 234 cm³/mol. The Balaban J connectivity index is 0.829. The molecule has 13 atom stereocenters. The molecule has 4 fully saturated rings. The van der Waals surface area contributed by atoms with Gasteiger partial charge in [0, 0.05) is 39.0 Å². The zero-order valence-corrected chi connectivity index (χ0v) is 38.8. The van der Waals surface area contributed by atoms with Gasteiger partial charge in [-0.25, -0.2) is 0 Å². The lowest BCUT2D eigenvalue weighted by atomic mass is 9.47. The van der Waals surface area contributed by atoms with E-state index in [1.807, 2.05) is 0 Å². The van der Waals surface area contributed by atoms with Crippen LogP contribution in [-0.2, 0) is 38.0 Å². The first-order valence-corrected chi connectivity index (χ1v) is 24.4. The average Bonchev–Trinajstić information content (AvgIpc) is 3.59. The molecule has 61 heavy (non-hydrogen) atoms. The Hall–Kier alpha value is -1.64. The van der Waals surface area contributed by atoms with Crippen LogP contribution in [0.3, 0.4) is 0 Å². The summed E-state index contributed by atoms with van der Waals surface area (Å²) in [5.41, 5.74) is 2.35. The van der Waals surface area contributed by atoms with Crippen molar-refractivity contribution in [2.75, 3.05) is 52.8 Å². The summed E-state index contributed by atoms with van der Waals surface area (Å²) < 4.78 is 33.8. The minimum absolute atomic E-state index is 0.0119. The highest BCUT2D eigenvalue weighted by molar-refractivity contribution is 5.75. The number of hydrogen-bond acceptors (Lipinski definition) is 11. The van der Waals surface area contributed by atoms with Crippen molar-refractivity contribution < 1.29 is 53.3 Å². The van der Waals surface area contributed by atoms with Gasteiger partial charge in [-0.3, -0.25) is 9.59 Å². The van der Waals surface area contributed by atoms with Crippen LogP contribution in [0.1, 0.15) is 151 Å². The molecule has 12 heteroatoms. The van der Waals surface area contributed by atoms with Crippen molar-refractivity contribution in [1.29, 1.82) is 0 Å². The Morgan fingerprint density at radius 2 is 1.49 bits per heavy atom. The van der Waals surface area contributed by atoms with Gasteiger partial charge in [-0.05, 0) is 124 Å². The Kier molecular flexibility index (Phi) is 20.3. The van der Waals surface area contributed by atoms with Gasteiger partial charge < -0.3 is 49.1 Å². The molecule has 0 aromatic heterocycles. The first-order chi connectivity index (χ1) is 29.2. The number of carbonyl (C=O) groups excluding carboxylic acids is 2. The van der Waals surface area contributed by atoms with Gasteiger partial charge in [0.1, 0.15) is 24.4 Å². The molecule has 3 saturated carbocycles. The minimum Gasteiger partial charge on any atom is -0.462 e. The number of carbonyl (C=O) groups is 2. The molecule has 6 unspecified atom stereocenters. The van der Waals surface area contributed by atoms with E-state index in [0.29, 0.717) is 77.3 Å². The standard InChI is InChI=1S/C49H85NO11/c1-33(2)12-11-13-34(3)39-18-19-40-38-17-16-36-32-37(20-22-48(36,5)41(38)21-23-49(39,40)6)61-43(52)15-8-9-25-56-28-30-58-31-29-57-27-24-50-42(51)14-7-10-26-59-47-46(55)45(54)44(53)35(4)60-47/h16,33-35,37-41,44-47,53-55H,7-15,17-32H2,1-6H3,(H,50,51)/t34-,35?,37?,38+,39-,40+,41+,44?,45?,46?,47?,48+,49-/m1/s1. The smallest absolute Gasteiger partial charge is 0.306 e. The van der Waals surface area contributed by atoms with Crippen LogP contribution in [0.2, 0.25) is 0 Å². The summed E-state index contributed by atoms with van der Waals surface area (Å²) in [6, 6.07) is 0. The van der Waals surface area contributed by atoms with Crippen LogP contribution < -0.4 is 5.32 Å². The highest BCUT2D eigenvalue weighted by Crippen LogP contribution is 2.67. The van der Waals surface area contributed by atoms with Crippen LogP contribution in [0.4, 0.5) is 0 Å². The van der Waals surface area contributed by atoms with Crippen molar-refractivity contribution in [3.8, 4) is 0 Å². The van der Waals surface area contributed by atoms with Crippen LogP contribution in [0.5, 0.6) is 0 Å². The van der Waals surface area contributed by atoms with Gasteiger partial charge in [0.25, 0.3) is 0 Å². The summed E-state index contributed by atoms with van der Waals surface area (Å²) in [6.45, 7) is 17.6. The molecule has 0 radical (unpaired) electrons. The van der Waals surface area contributed by atoms with Gasteiger partial charge in [0.05, 0.1) is 39.1 Å². The van der Waals surface area contributed by atoms with Crippen LogP contribution >= 0.6 is 0 Å². The number of esters is 1. The van der Waals surface area contributed by atoms with Crippen molar-refractivity contribution in [3.63, 3.8) is 0 Å². The summed E-state index contributed by atoms with van der Waals surface area (Å²) in [5.74, 6) is 4.84. The second-order valence-corrected chi connectivity index (χ2v) is 20.3. The lowest BCUT2D eigenvalue weighted by Crippen LogP contribution is -2.57. The molecular formula is C49H85NO11. The molecule has 0 aromatic carbocycles. The number of aliphatic hydroxyl groups is 3. The molecule has 5 aliphatic rings. The monoisotopic (exact) mass is 864 g/mol. The number of allylic oxidation sites excluding steroid dienone is 1. The molecule has 1 aliphatic heterocycles. The minimum atomic E-state index is -1.33. The molecule has 1 saturated heterocycles. The maximum Gasteiger partial charge on any atom is 0.306 e. The summed E-state index contributed by atoms with van der Waals surface area (Å²) in [6.07, 6.45) is 14.7. The summed E-state index contributed by atoms with van der Waals surface area (Å²) in [5, 5.41) is 32.4. The first kappa shape index (κ1) is 50.4. The molecule has 1 heterocycles. The fraction of sp³-hybridized carbons (Fsp3) is 0.918. The van der Waals surface area contributed by atoms with Crippen LogP contribution in [-0.4, -0.2) is 117 Å². The number of rotatable bonds is 26. The number of unbranched alkanes of at least 4 members (excludes halogenated alkanes) is 2. The highest BCUT2D eigenvalue weighted by atomic mass is 16.7. The molecule has 0 spiro atoms. The first-order valence-electron chi connectivity index (χ1n) is 24.4. The zero-order valence-electron chi connectivity index (χ0n) is 38.8. The van der Waals surface area contributed by atoms with Gasteiger partial charge in [0.15, 0.2) is 6.29 Å². The van der Waals surface area contributed by atoms with Crippen molar-refractivity contribution in [2.24, 2.45) is 46.3 Å². The van der Waals surface area contributed by atoms with Gasteiger partial charge in [-0.15, -0.1) is 0 Å². The second-order valence-electron chi connectivity index (χ2n) is 20.3. The van der Waals surface area contributed by atoms with E-state index < -0.39 is 30.7 Å². The van der Waals surface area contributed by atoms with Crippen LogP contribution in [0, 0.1) is 46.3 Å². The van der Waals surface area contributed by atoms with Crippen molar-refractivity contribution in [1.82, 2.24) is 5.32 Å². The lowest BCUT2D eigenvalue weighted by molar-refractivity contribution is -0.293. The summed E-state index contributed by atoms with van der Waals surface area (Å²) in [7, 11) is 0. The highest BCUT2D eigenvalue weighted by Gasteiger charge is 2.59. The molecule has 4 aliphatic carbocycles. The van der Waals surface area contributed by atoms with Gasteiger partial charge >= 0.3 is 5.97 Å². The molecule has 5 rings (SSSR count). The van der Waals surface area contributed by atoms with Gasteiger partial charge in [-0.1, -0.05) is 65.5 Å². The van der Waals surface area contributed by atoms with E-state index in [1.165, 1.54) is 51.4 Å². The quantitative estimate of drug-likeness (QED) is 0.0393. The largest absolute Gasteiger partial charge is 0.462 e. The number of amides is 1. The average molecular weight is 864 g/mol. The zero-order chi connectivity index (χ0) is 44.0. The maximum atomic E-state index is 12.8. The van der Waals surface area contributed by atoms with Crippen LogP contribution in [0.15, 0.2) is 11.6 Å². The fourth-order valence-electron chi connectivity index (χ4n) is 12.1. The van der Waals surface area contributed by atoms with E-state index in [-0.39, 0.29) is 30.0 Å². The third-order valence-electron chi connectivity index (χ3n) is 15.7. The molecule has 1 amide bonds. The SMILES string of the molecule is CC(C)CCC[C@@H](C)[C@H]1CC[C@H]2[C@@H]3CC=C4CC(OC(=O)CCCCOCCOCCOCCNC(=O)CCCCOC5OC(C)C(O)C(O)C5O)CC[C@]4(C)[C@H]3CC[C@]12C. The van der Waals surface area contributed by atoms with E-state index in [0.717, 1.165) is 67.6 Å². The Labute approximate surface area is 367 Å². The summed E-state index contributed by atoms with van der Waals surface area (Å²) in [4.78, 5) is 24.9. The predicted octanol–water partition coefficient (Wildman–Crippen LogP) is 7.29. The van der Waals surface area contributed by atoms with Gasteiger partial charge in [-0.2, -0.15) is 0 Å². The molecule has 0 aromatic rings. The van der Waals surface area contributed by atoms with E-state index in [4.69, 9.17) is 28.4 Å². The summed E-state index contributed by atoms with van der Waals surface area (Å²) >= 11 is 0. The maximum absolute atomic E-state index is 12.8. The fourth-order valence-corrected chi connectivity index (χ4v) is 12.1. The Bertz CT molecular complexity index is 1360. The van der Waals surface area contributed by atoms with Crippen LogP contribution in [0.25, 0.3) is 0 Å². The van der Waals surface area contributed by atoms with Crippen molar-refractivity contribution >= 4 is 11.9 Å². The molecular weight excluding hydrogens is 779 g/mol. The Morgan fingerprint density at radius 3 is 2.25 bits per heavy atom. The number of aliphatic hydroxyl groups excluding tert-OH is 3. The number of fused-ring (bicyclic) bond motifs is 5. The van der Waals surface area contributed by atoms with E-state index in [9.17, 15) is 24.9 Å². The van der Waals surface area contributed by atoms with Gasteiger partial charge in [0.2, 0.25) is 5.91 Å². The van der Waals surface area contributed by atoms with E-state index in [1.54, 1.807) is 12.5 Å². The molecule has 12 nitrogen and oxygen atoms in total. The number of ether oxygens (including phenoxy) is 6. The van der Waals surface area contributed by atoms with E-state index in [2.05, 4.69) is 46.0 Å². The lowest BCUT2D eigenvalue weighted by Gasteiger charge is -2.58. The topological polar surface area (TPSA) is 162 Å². The Morgan fingerprint density at radius 1 is 0.787 bits per heavy atom.